The van der Waals surface area contributed by atoms with Gasteiger partial charge in [0.2, 0.25) is 5.91 Å². The third-order valence-electron chi connectivity index (χ3n) is 2.70. The first kappa shape index (κ1) is 14.0. The number of nitrogens with one attached hydrogen (secondary N) is 1. The molecule has 0 fully saturated rings. The maximum absolute atomic E-state index is 11.7. The zero-order valence-corrected chi connectivity index (χ0v) is 11.1. The third kappa shape index (κ3) is 4.37. The molecule has 1 aromatic heterocycles. The molecule has 0 unspecified atom stereocenters. The van der Waals surface area contributed by atoms with Gasteiger partial charge in [-0.3, -0.25) is 9.78 Å². The molecule has 0 bridgehead atoms. The van der Waals surface area contributed by atoms with Crippen LogP contribution in [0.25, 0.3) is 0 Å². The monoisotopic (exact) mass is 271 g/mol. The first-order valence-electron chi connectivity index (χ1n) is 6.38. The van der Waals surface area contributed by atoms with E-state index in [1.807, 2.05) is 30.3 Å². The van der Waals surface area contributed by atoms with Crippen molar-refractivity contribution in [2.75, 3.05) is 24.3 Å². The molecule has 20 heavy (non-hydrogen) atoms. The number of nitrogens with zero attached hydrogens (tertiary/aromatic N) is 1. The molecule has 5 nitrogen and oxygen atoms in total. The number of ether oxygens (including phenoxy) is 1. The zero-order valence-electron chi connectivity index (χ0n) is 11.1. The first-order chi connectivity index (χ1) is 9.75. The summed E-state index contributed by atoms with van der Waals surface area (Å²) in [7, 11) is 0. The summed E-state index contributed by atoms with van der Waals surface area (Å²) in [4.78, 5) is 15.8. The zero-order chi connectivity index (χ0) is 14.2. The fourth-order valence-corrected chi connectivity index (χ4v) is 1.68. The molecule has 0 aliphatic rings. The van der Waals surface area contributed by atoms with Crippen LogP contribution in [0, 0.1) is 0 Å². The molecule has 5 heteroatoms. The van der Waals surface area contributed by atoms with Crippen molar-refractivity contribution < 1.29 is 9.53 Å². The lowest BCUT2D eigenvalue weighted by molar-refractivity contribution is -0.120. The van der Waals surface area contributed by atoms with Gasteiger partial charge in [0.15, 0.2) is 0 Å². The van der Waals surface area contributed by atoms with Crippen LogP contribution in [0.3, 0.4) is 0 Å². The van der Waals surface area contributed by atoms with E-state index in [1.165, 1.54) is 0 Å². The molecular formula is C15H17N3O2. The van der Waals surface area contributed by atoms with E-state index in [0.29, 0.717) is 24.4 Å². The molecule has 2 aromatic rings. The Hall–Kier alpha value is -2.40. The van der Waals surface area contributed by atoms with E-state index in [0.717, 1.165) is 5.69 Å². The summed E-state index contributed by atoms with van der Waals surface area (Å²) >= 11 is 0. The van der Waals surface area contributed by atoms with Crippen molar-refractivity contribution in [3.05, 3.63) is 54.4 Å². The molecule has 104 valence electrons. The summed E-state index contributed by atoms with van der Waals surface area (Å²) in [6, 6.07) is 12.8. The fraction of sp³-hybridized carbons (Fsp3) is 0.200. The van der Waals surface area contributed by atoms with E-state index in [9.17, 15) is 4.79 Å². The summed E-state index contributed by atoms with van der Waals surface area (Å²) < 4.78 is 5.32. The van der Waals surface area contributed by atoms with Crippen LogP contribution in [-0.4, -0.2) is 24.1 Å². The summed E-state index contributed by atoms with van der Waals surface area (Å²) in [5.74, 6) is -0.219. The lowest BCUT2D eigenvalue weighted by Crippen LogP contribution is -2.19. The minimum absolute atomic E-state index is 0.00116. The van der Waals surface area contributed by atoms with Crippen LogP contribution in [-0.2, 0) is 16.0 Å². The van der Waals surface area contributed by atoms with Gasteiger partial charge in [-0.2, -0.15) is 0 Å². The second kappa shape index (κ2) is 7.25. The Bertz CT molecular complexity index is 558. The molecule has 2 rings (SSSR count). The lowest BCUT2D eigenvalue weighted by Gasteiger charge is -2.08. The van der Waals surface area contributed by atoms with Crippen molar-refractivity contribution in [3.63, 3.8) is 0 Å². The van der Waals surface area contributed by atoms with Crippen molar-refractivity contribution >= 4 is 17.3 Å². The molecule has 1 heterocycles. The SMILES string of the molecule is Nc1ccccc1NC(=O)COCCc1ccccn1. The molecule has 0 radical (unpaired) electrons. The fourth-order valence-electron chi connectivity index (χ4n) is 1.68. The number of nitrogen functional groups attached to an aromatic ring is 1. The molecule has 0 spiro atoms. The van der Waals surface area contributed by atoms with E-state index in [4.69, 9.17) is 10.5 Å². The number of anilines is 2. The number of pyridine rings is 1. The number of hydrogen-bond acceptors (Lipinski definition) is 4. The standard InChI is InChI=1S/C15H17N3O2/c16-13-6-1-2-7-14(13)18-15(19)11-20-10-8-12-5-3-4-9-17-12/h1-7,9H,8,10-11,16H2,(H,18,19). The number of carbonyl (C=O) groups excluding carboxylic acids is 1. The quantitative estimate of drug-likeness (QED) is 0.621. The predicted molar refractivity (Wildman–Crippen MR) is 78.2 cm³/mol. The predicted octanol–water partition coefficient (Wildman–Crippen LogP) is 1.86. The second-order valence-corrected chi connectivity index (χ2v) is 4.26. The van der Waals surface area contributed by atoms with Crippen molar-refractivity contribution in [3.8, 4) is 0 Å². The van der Waals surface area contributed by atoms with E-state index in [2.05, 4.69) is 10.3 Å². The van der Waals surface area contributed by atoms with E-state index in [-0.39, 0.29) is 12.5 Å². The van der Waals surface area contributed by atoms with Crippen LogP contribution in [0.5, 0.6) is 0 Å². The lowest BCUT2D eigenvalue weighted by atomic mass is 10.2. The van der Waals surface area contributed by atoms with Crippen LogP contribution in [0.2, 0.25) is 0 Å². The molecule has 0 aliphatic carbocycles. The van der Waals surface area contributed by atoms with E-state index >= 15 is 0 Å². The minimum atomic E-state index is -0.219. The summed E-state index contributed by atoms with van der Waals surface area (Å²) in [5.41, 5.74) is 7.82. The number of amides is 1. The average Bonchev–Trinajstić information content (AvgIpc) is 2.47. The Morgan fingerprint density at radius 3 is 2.75 bits per heavy atom. The Balaban J connectivity index is 1.69. The van der Waals surface area contributed by atoms with Gasteiger partial charge in [-0.1, -0.05) is 18.2 Å². The van der Waals surface area contributed by atoms with E-state index < -0.39 is 0 Å². The molecular weight excluding hydrogens is 254 g/mol. The highest BCUT2D eigenvalue weighted by atomic mass is 16.5. The molecule has 3 N–H and O–H groups in total. The van der Waals surface area contributed by atoms with Gasteiger partial charge in [0.05, 0.1) is 18.0 Å². The van der Waals surface area contributed by atoms with Gasteiger partial charge in [0.1, 0.15) is 6.61 Å². The normalized spacial score (nSPS) is 10.2. The van der Waals surface area contributed by atoms with Gasteiger partial charge in [-0.25, -0.2) is 0 Å². The number of rotatable bonds is 6. The number of aromatic nitrogens is 1. The smallest absolute Gasteiger partial charge is 0.250 e. The molecule has 0 atom stereocenters. The first-order valence-corrected chi connectivity index (χ1v) is 6.38. The summed E-state index contributed by atoms with van der Waals surface area (Å²) in [5, 5.41) is 2.70. The minimum Gasteiger partial charge on any atom is -0.397 e. The van der Waals surface area contributed by atoms with Gasteiger partial charge in [0, 0.05) is 18.3 Å². The van der Waals surface area contributed by atoms with Gasteiger partial charge in [0.25, 0.3) is 0 Å². The highest BCUT2D eigenvalue weighted by Gasteiger charge is 2.04. The van der Waals surface area contributed by atoms with Crippen LogP contribution in [0.15, 0.2) is 48.7 Å². The van der Waals surface area contributed by atoms with Crippen molar-refractivity contribution in [2.24, 2.45) is 0 Å². The average molecular weight is 271 g/mol. The van der Waals surface area contributed by atoms with Crippen molar-refractivity contribution in [1.29, 1.82) is 0 Å². The Morgan fingerprint density at radius 1 is 1.20 bits per heavy atom. The van der Waals surface area contributed by atoms with Crippen LogP contribution in [0.1, 0.15) is 5.69 Å². The summed E-state index contributed by atoms with van der Waals surface area (Å²) in [6.45, 7) is 0.454. The van der Waals surface area contributed by atoms with Gasteiger partial charge in [-0.15, -0.1) is 0 Å². The molecule has 0 saturated heterocycles. The van der Waals surface area contributed by atoms with Crippen LogP contribution < -0.4 is 11.1 Å². The third-order valence-corrected chi connectivity index (χ3v) is 2.70. The van der Waals surface area contributed by atoms with Gasteiger partial charge >= 0.3 is 0 Å². The van der Waals surface area contributed by atoms with Crippen LogP contribution >= 0.6 is 0 Å². The second-order valence-electron chi connectivity index (χ2n) is 4.26. The highest BCUT2D eigenvalue weighted by molar-refractivity contribution is 5.94. The van der Waals surface area contributed by atoms with Crippen molar-refractivity contribution in [2.45, 2.75) is 6.42 Å². The largest absolute Gasteiger partial charge is 0.397 e. The Morgan fingerprint density at radius 2 is 2.00 bits per heavy atom. The Kier molecular flexibility index (Phi) is 5.08. The highest BCUT2D eigenvalue weighted by Crippen LogP contribution is 2.16. The number of para-hydroxylation sites is 2. The van der Waals surface area contributed by atoms with Gasteiger partial charge < -0.3 is 15.8 Å². The number of carbonyl (C=O) groups is 1. The number of nitrogens with two attached hydrogens (primary N) is 1. The van der Waals surface area contributed by atoms with Crippen LogP contribution in [0.4, 0.5) is 11.4 Å². The van der Waals surface area contributed by atoms with Crippen molar-refractivity contribution in [1.82, 2.24) is 4.98 Å². The van der Waals surface area contributed by atoms with Gasteiger partial charge in [-0.05, 0) is 24.3 Å². The number of hydrogen-bond donors (Lipinski definition) is 2. The summed E-state index contributed by atoms with van der Waals surface area (Å²) in [6.07, 6.45) is 2.42. The Labute approximate surface area is 117 Å². The maximum atomic E-state index is 11.7. The topological polar surface area (TPSA) is 77.2 Å². The number of benzene rings is 1. The van der Waals surface area contributed by atoms with E-state index in [1.54, 1.807) is 18.3 Å². The molecule has 1 amide bonds. The molecule has 0 aliphatic heterocycles. The maximum Gasteiger partial charge on any atom is 0.250 e. The molecule has 0 saturated carbocycles. The molecule has 1 aromatic carbocycles.